The van der Waals surface area contributed by atoms with E-state index in [2.05, 4.69) is 22.4 Å². The molecule has 2 saturated carbocycles. The smallest absolute Gasteiger partial charge is 0.121 e. The Morgan fingerprint density at radius 3 is 2.56 bits per heavy atom. The van der Waals surface area contributed by atoms with E-state index in [1.54, 1.807) is 0 Å². The van der Waals surface area contributed by atoms with Crippen LogP contribution in [-0.2, 0) is 6.42 Å². The van der Waals surface area contributed by atoms with Crippen molar-refractivity contribution in [3.05, 3.63) is 10.0 Å². The highest BCUT2D eigenvalue weighted by Gasteiger charge is 2.44. The first kappa shape index (κ1) is 12.5. The first-order chi connectivity index (χ1) is 8.88. The predicted octanol–water partition coefficient (Wildman–Crippen LogP) is 2.98. The lowest BCUT2D eigenvalue weighted by Crippen LogP contribution is -2.14. The highest BCUT2D eigenvalue weighted by Crippen LogP contribution is 2.54. The minimum Gasteiger partial charge on any atom is -0.317 e. The summed E-state index contributed by atoms with van der Waals surface area (Å²) in [6, 6.07) is 0. The van der Waals surface area contributed by atoms with Gasteiger partial charge in [0.05, 0.1) is 0 Å². The normalized spacial score (nSPS) is 19.7. The molecular weight excluding hydrogens is 242 g/mol. The molecule has 0 aliphatic heterocycles. The van der Waals surface area contributed by atoms with Crippen LogP contribution in [0.2, 0.25) is 0 Å². The van der Waals surface area contributed by atoms with E-state index >= 15 is 0 Å². The summed E-state index contributed by atoms with van der Waals surface area (Å²) >= 11 is 1.89. The first-order valence-corrected chi connectivity index (χ1v) is 8.23. The summed E-state index contributed by atoms with van der Waals surface area (Å²) in [4.78, 5) is 0. The fourth-order valence-corrected chi connectivity index (χ4v) is 3.91. The van der Waals surface area contributed by atoms with Crippen molar-refractivity contribution in [3.63, 3.8) is 0 Å². The highest BCUT2D eigenvalue weighted by molar-refractivity contribution is 7.11. The summed E-state index contributed by atoms with van der Waals surface area (Å²) in [6.45, 7) is 4.31. The topological polar surface area (TPSA) is 37.8 Å². The molecule has 2 fully saturated rings. The summed E-state index contributed by atoms with van der Waals surface area (Å²) in [7, 11) is 0. The summed E-state index contributed by atoms with van der Waals surface area (Å²) in [5.41, 5.74) is 0. The molecule has 1 heterocycles. The third-order valence-electron chi connectivity index (χ3n) is 4.02. The van der Waals surface area contributed by atoms with Crippen molar-refractivity contribution in [2.24, 2.45) is 11.8 Å². The Bertz CT molecular complexity index is 370. The molecule has 0 spiro atoms. The van der Waals surface area contributed by atoms with Crippen LogP contribution in [0.1, 0.15) is 55.0 Å². The van der Waals surface area contributed by atoms with Crippen molar-refractivity contribution in [3.8, 4) is 0 Å². The zero-order valence-electron chi connectivity index (χ0n) is 11.2. The molecule has 2 aliphatic rings. The first-order valence-electron chi connectivity index (χ1n) is 7.41. The van der Waals surface area contributed by atoms with E-state index in [-0.39, 0.29) is 0 Å². The molecule has 0 atom stereocenters. The van der Waals surface area contributed by atoms with Gasteiger partial charge < -0.3 is 5.32 Å². The van der Waals surface area contributed by atoms with Gasteiger partial charge in [-0.2, -0.15) is 0 Å². The Labute approximate surface area is 113 Å². The predicted molar refractivity (Wildman–Crippen MR) is 75.0 cm³/mol. The lowest BCUT2D eigenvalue weighted by Gasteiger charge is -2.10. The van der Waals surface area contributed by atoms with Crippen LogP contribution >= 0.6 is 11.3 Å². The number of aromatic nitrogens is 2. The molecule has 3 rings (SSSR count). The second kappa shape index (κ2) is 5.66. The molecule has 18 heavy (non-hydrogen) atoms. The van der Waals surface area contributed by atoms with Gasteiger partial charge in [-0.3, -0.25) is 0 Å². The molecule has 0 aromatic carbocycles. The van der Waals surface area contributed by atoms with Crippen LogP contribution in [0.5, 0.6) is 0 Å². The van der Waals surface area contributed by atoms with Crippen molar-refractivity contribution < 1.29 is 0 Å². The monoisotopic (exact) mass is 265 g/mol. The molecule has 2 aliphatic carbocycles. The van der Waals surface area contributed by atoms with Crippen LogP contribution < -0.4 is 5.32 Å². The fraction of sp³-hybridized carbons (Fsp3) is 0.857. The molecule has 0 amide bonds. The number of hydrogen-bond donors (Lipinski definition) is 1. The zero-order valence-corrected chi connectivity index (χ0v) is 12.0. The SMILES string of the molecule is CCNCCCc1nnc(C(C2CC2)C2CC2)s1. The van der Waals surface area contributed by atoms with Gasteiger partial charge in [0.15, 0.2) is 0 Å². The van der Waals surface area contributed by atoms with Crippen LogP contribution in [0.4, 0.5) is 0 Å². The van der Waals surface area contributed by atoms with Gasteiger partial charge in [0.25, 0.3) is 0 Å². The molecule has 3 nitrogen and oxygen atoms in total. The maximum atomic E-state index is 4.49. The lowest BCUT2D eigenvalue weighted by atomic mass is 9.99. The van der Waals surface area contributed by atoms with Gasteiger partial charge in [0.2, 0.25) is 0 Å². The highest BCUT2D eigenvalue weighted by atomic mass is 32.1. The molecule has 4 heteroatoms. The molecule has 1 N–H and O–H groups in total. The average Bonchev–Trinajstić information content (AvgIpc) is 3.28. The maximum absolute atomic E-state index is 4.49. The number of aryl methyl sites for hydroxylation is 1. The van der Waals surface area contributed by atoms with Crippen molar-refractivity contribution in [1.29, 1.82) is 0 Å². The summed E-state index contributed by atoms with van der Waals surface area (Å²) in [5.74, 6) is 2.66. The van der Waals surface area contributed by atoms with Crippen LogP contribution in [0.25, 0.3) is 0 Å². The number of nitrogens with one attached hydrogen (secondary N) is 1. The fourth-order valence-electron chi connectivity index (χ4n) is 2.74. The third kappa shape index (κ3) is 3.09. The van der Waals surface area contributed by atoms with E-state index in [0.717, 1.165) is 37.3 Å². The van der Waals surface area contributed by atoms with Crippen LogP contribution in [0.3, 0.4) is 0 Å². The minimum atomic E-state index is 0.769. The van der Waals surface area contributed by atoms with E-state index in [1.165, 1.54) is 42.1 Å². The average molecular weight is 265 g/mol. The van der Waals surface area contributed by atoms with E-state index in [0.29, 0.717) is 0 Å². The van der Waals surface area contributed by atoms with Crippen molar-refractivity contribution in [1.82, 2.24) is 15.5 Å². The van der Waals surface area contributed by atoms with Gasteiger partial charge in [0.1, 0.15) is 10.0 Å². The van der Waals surface area contributed by atoms with Crippen molar-refractivity contribution >= 4 is 11.3 Å². The van der Waals surface area contributed by atoms with Gasteiger partial charge >= 0.3 is 0 Å². The zero-order chi connectivity index (χ0) is 12.4. The molecule has 1 aromatic rings. The third-order valence-corrected chi connectivity index (χ3v) is 5.11. The minimum absolute atomic E-state index is 0.769. The summed E-state index contributed by atoms with van der Waals surface area (Å²) in [6.07, 6.45) is 7.98. The van der Waals surface area contributed by atoms with Crippen molar-refractivity contribution in [2.45, 2.75) is 51.4 Å². The van der Waals surface area contributed by atoms with Gasteiger partial charge in [-0.1, -0.05) is 6.92 Å². The van der Waals surface area contributed by atoms with Crippen LogP contribution in [0, 0.1) is 11.8 Å². The molecule has 0 saturated heterocycles. The Balaban J connectivity index is 1.54. The largest absolute Gasteiger partial charge is 0.317 e. The molecule has 0 bridgehead atoms. The molecule has 100 valence electrons. The molecule has 0 radical (unpaired) electrons. The number of rotatable bonds is 8. The maximum Gasteiger partial charge on any atom is 0.121 e. The second-order valence-corrected chi connectivity index (χ2v) is 6.79. The van der Waals surface area contributed by atoms with Crippen LogP contribution in [0.15, 0.2) is 0 Å². The van der Waals surface area contributed by atoms with E-state index in [9.17, 15) is 0 Å². The lowest BCUT2D eigenvalue weighted by molar-refractivity contribution is 0.530. The van der Waals surface area contributed by atoms with E-state index < -0.39 is 0 Å². The Morgan fingerprint density at radius 1 is 1.22 bits per heavy atom. The Hall–Kier alpha value is -0.480. The summed E-state index contributed by atoms with van der Waals surface area (Å²) < 4.78 is 0. The molecule has 0 unspecified atom stereocenters. The quantitative estimate of drug-likeness (QED) is 0.734. The Kier molecular flexibility index (Phi) is 3.94. The van der Waals surface area contributed by atoms with Crippen LogP contribution in [-0.4, -0.2) is 23.3 Å². The van der Waals surface area contributed by atoms with Gasteiger partial charge in [-0.15, -0.1) is 21.5 Å². The molecule has 1 aromatic heterocycles. The Morgan fingerprint density at radius 2 is 1.94 bits per heavy atom. The van der Waals surface area contributed by atoms with Gasteiger partial charge in [0, 0.05) is 12.3 Å². The second-order valence-electron chi connectivity index (χ2n) is 5.69. The number of hydrogen-bond acceptors (Lipinski definition) is 4. The van der Waals surface area contributed by atoms with Crippen molar-refractivity contribution in [2.75, 3.05) is 13.1 Å². The van der Waals surface area contributed by atoms with Gasteiger partial charge in [-0.25, -0.2) is 0 Å². The standard InChI is InChI=1S/C14H23N3S/c1-2-15-9-3-4-12-16-17-14(18-12)13(10-5-6-10)11-7-8-11/h10-11,13,15H,2-9H2,1H3. The van der Waals surface area contributed by atoms with E-state index in [4.69, 9.17) is 0 Å². The van der Waals surface area contributed by atoms with E-state index in [1.807, 2.05) is 11.3 Å². The van der Waals surface area contributed by atoms with Gasteiger partial charge in [-0.05, 0) is 57.0 Å². The summed E-state index contributed by atoms with van der Waals surface area (Å²) in [5, 5.41) is 14.8. The molecular formula is C14H23N3S. The number of nitrogens with zero attached hydrogens (tertiary/aromatic N) is 2.